The van der Waals surface area contributed by atoms with E-state index in [1.165, 1.54) is 26.2 Å². The lowest BCUT2D eigenvalue weighted by Crippen LogP contribution is -2.62. The molecule has 39 heavy (non-hydrogen) atoms. The largest absolute Gasteiger partial charge is 0.444 e. The van der Waals surface area contributed by atoms with Gasteiger partial charge in [0, 0.05) is 45.5 Å². The first kappa shape index (κ1) is 29.1. The zero-order valence-corrected chi connectivity index (χ0v) is 24.0. The summed E-state index contributed by atoms with van der Waals surface area (Å²) in [6, 6.07) is 8.62. The highest BCUT2D eigenvalue weighted by atomic mass is 32.2. The molecule has 214 valence electrons. The molecule has 2 amide bonds. The Morgan fingerprint density at radius 2 is 1.87 bits per heavy atom. The highest BCUT2D eigenvalue weighted by Crippen LogP contribution is 2.40. The summed E-state index contributed by atoms with van der Waals surface area (Å²) in [6.07, 6.45) is 1.24. The zero-order valence-electron chi connectivity index (χ0n) is 23.2. The fraction of sp³-hybridized carbons (Fsp3) is 0.654. The Balaban J connectivity index is 1.54. The smallest absolute Gasteiger partial charge is 0.410 e. The number of nitrogens with one attached hydrogen (secondary N) is 3. The molecular formula is C26H39N7O5S. The van der Waals surface area contributed by atoms with Gasteiger partial charge < -0.3 is 20.3 Å². The van der Waals surface area contributed by atoms with Crippen LogP contribution in [0.4, 0.5) is 10.5 Å². The van der Waals surface area contributed by atoms with Gasteiger partial charge in [-0.3, -0.25) is 4.79 Å². The van der Waals surface area contributed by atoms with Crippen molar-refractivity contribution in [3.05, 3.63) is 24.3 Å². The van der Waals surface area contributed by atoms with Crippen molar-refractivity contribution in [3.63, 3.8) is 0 Å². The van der Waals surface area contributed by atoms with Crippen molar-refractivity contribution in [1.29, 1.82) is 5.26 Å². The lowest BCUT2D eigenvalue weighted by atomic mass is 9.81. The fourth-order valence-electron chi connectivity index (χ4n) is 5.61. The number of hydrogen-bond donors (Lipinski definition) is 3. The van der Waals surface area contributed by atoms with Crippen LogP contribution in [0.1, 0.15) is 46.5 Å². The van der Waals surface area contributed by atoms with Gasteiger partial charge in [-0.15, -0.1) is 0 Å². The van der Waals surface area contributed by atoms with Gasteiger partial charge in [0.05, 0.1) is 28.8 Å². The van der Waals surface area contributed by atoms with Gasteiger partial charge in [-0.05, 0) is 64.3 Å². The molecule has 0 radical (unpaired) electrons. The Morgan fingerprint density at radius 3 is 2.44 bits per heavy atom. The Morgan fingerprint density at radius 1 is 1.23 bits per heavy atom. The average Bonchev–Trinajstić information content (AvgIpc) is 3.24. The van der Waals surface area contributed by atoms with Gasteiger partial charge in [0.2, 0.25) is 15.9 Å². The molecule has 0 aromatic heterocycles. The number of benzene rings is 1. The van der Waals surface area contributed by atoms with Gasteiger partial charge in [-0.2, -0.15) is 5.26 Å². The third kappa shape index (κ3) is 5.99. The van der Waals surface area contributed by atoms with Crippen LogP contribution in [0.25, 0.3) is 0 Å². The quantitative estimate of drug-likeness (QED) is 0.472. The number of fused-ring (bicyclic) bond motifs is 1. The van der Waals surface area contributed by atoms with Crippen LogP contribution in [-0.4, -0.2) is 91.7 Å². The van der Waals surface area contributed by atoms with Crippen molar-refractivity contribution in [1.82, 2.24) is 25.0 Å². The molecule has 3 unspecified atom stereocenters. The van der Waals surface area contributed by atoms with Crippen molar-refractivity contribution < 1.29 is 22.7 Å². The van der Waals surface area contributed by atoms with Gasteiger partial charge in [0.15, 0.2) is 0 Å². The topological polar surface area (TPSA) is 147 Å². The molecule has 0 aliphatic carbocycles. The number of sulfonamides is 1. The first-order chi connectivity index (χ1) is 18.3. The third-order valence-corrected chi connectivity index (χ3v) is 9.47. The van der Waals surface area contributed by atoms with Crippen molar-refractivity contribution in [3.8, 4) is 6.07 Å². The van der Waals surface area contributed by atoms with Crippen LogP contribution >= 0.6 is 0 Å². The van der Waals surface area contributed by atoms with Gasteiger partial charge in [-0.1, -0.05) is 0 Å². The summed E-state index contributed by atoms with van der Waals surface area (Å²) in [5.74, 6) is -0.507. The molecule has 1 aromatic rings. The molecule has 0 saturated carbocycles. The van der Waals surface area contributed by atoms with Gasteiger partial charge in [0.1, 0.15) is 11.8 Å². The Hall–Kier alpha value is -2.92. The summed E-state index contributed by atoms with van der Waals surface area (Å²) in [6.45, 7) is 6.92. The molecule has 13 heteroatoms. The second kappa shape index (κ2) is 10.9. The average molecular weight is 562 g/mol. The van der Waals surface area contributed by atoms with Crippen LogP contribution in [0.15, 0.2) is 29.2 Å². The van der Waals surface area contributed by atoms with Gasteiger partial charge in [0.25, 0.3) is 0 Å². The van der Waals surface area contributed by atoms with E-state index < -0.39 is 33.2 Å². The van der Waals surface area contributed by atoms with Crippen LogP contribution < -0.4 is 16.1 Å². The van der Waals surface area contributed by atoms with E-state index in [1.54, 1.807) is 17.0 Å². The Bertz CT molecular complexity index is 1210. The maximum atomic E-state index is 13.1. The summed E-state index contributed by atoms with van der Waals surface area (Å²) < 4.78 is 31.6. The monoisotopic (exact) mass is 561 g/mol. The molecule has 3 aliphatic heterocycles. The van der Waals surface area contributed by atoms with E-state index >= 15 is 0 Å². The summed E-state index contributed by atoms with van der Waals surface area (Å²) in [7, 11) is -0.594. The van der Waals surface area contributed by atoms with E-state index in [9.17, 15) is 23.3 Å². The minimum atomic E-state index is -3.56. The number of anilines is 1. The predicted molar refractivity (Wildman–Crippen MR) is 145 cm³/mol. The number of nitriles is 1. The maximum Gasteiger partial charge on any atom is 0.410 e. The van der Waals surface area contributed by atoms with Crippen LogP contribution in [0.5, 0.6) is 0 Å². The van der Waals surface area contributed by atoms with E-state index in [4.69, 9.17) is 4.74 Å². The number of amides is 2. The molecule has 3 aliphatic rings. The molecule has 12 nitrogen and oxygen atoms in total. The summed E-state index contributed by atoms with van der Waals surface area (Å²) in [4.78, 5) is 27.6. The molecule has 3 N–H and O–H groups in total. The molecule has 0 bridgehead atoms. The van der Waals surface area contributed by atoms with Crippen molar-refractivity contribution >= 4 is 27.7 Å². The van der Waals surface area contributed by atoms with Crippen LogP contribution in [0, 0.1) is 17.2 Å². The van der Waals surface area contributed by atoms with Crippen molar-refractivity contribution in [2.75, 3.05) is 39.0 Å². The molecular weight excluding hydrogens is 522 g/mol. The highest BCUT2D eigenvalue weighted by Gasteiger charge is 2.55. The molecule has 3 atom stereocenters. The molecule has 0 spiro atoms. The number of ether oxygens (including phenoxy) is 1. The number of carbonyl (C=O) groups excluding carboxylic acids is 2. The number of rotatable bonds is 6. The highest BCUT2D eigenvalue weighted by molar-refractivity contribution is 7.89. The molecule has 1 aromatic carbocycles. The Labute approximate surface area is 230 Å². The normalized spacial score (nSPS) is 25.5. The van der Waals surface area contributed by atoms with E-state index in [2.05, 4.69) is 27.1 Å². The number of piperidine rings is 2. The number of carbonyl (C=O) groups is 2. The number of nitrogens with zero attached hydrogens (tertiary/aromatic N) is 4. The molecule has 3 fully saturated rings. The fourth-order valence-corrected chi connectivity index (χ4v) is 6.51. The first-order valence-corrected chi connectivity index (χ1v) is 14.7. The zero-order chi connectivity index (χ0) is 28.6. The maximum absolute atomic E-state index is 13.1. The number of likely N-dealkylation sites (tertiary alicyclic amines) is 1. The lowest BCUT2D eigenvalue weighted by Gasteiger charge is -2.48. The van der Waals surface area contributed by atoms with Crippen molar-refractivity contribution in [2.24, 2.45) is 5.92 Å². The molecule has 4 rings (SSSR count). The standard InChI is InChI=1S/C26H39N7O5S/c1-25(2,3)38-24(35)32-16-12-26(11-14-27,13-17-32)33-20-10-15-28-23(34)21(20)22(30-33)29-18-6-8-19(9-7-18)39(36,37)31(4)5/h6-9,20-22,29-30H,10-13,15-17H2,1-5H3,(H,28,34). The molecule has 3 saturated heterocycles. The van der Waals surface area contributed by atoms with Crippen LogP contribution in [-0.2, 0) is 19.6 Å². The van der Waals surface area contributed by atoms with E-state index in [1.807, 2.05) is 20.8 Å². The first-order valence-electron chi connectivity index (χ1n) is 13.2. The number of hydrogen-bond acceptors (Lipinski definition) is 9. The van der Waals surface area contributed by atoms with Crippen molar-refractivity contribution in [2.45, 2.75) is 74.7 Å². The minimum absolute atomic E-state index is 0.0798. The van der Waals surface area contributed by atoms with E-state index in [0.717, 1.165) is 4.31 Å². The minimum Gasteiger partial charge on any atom is -0.444 e. The summed E-state index contributed by atoms with van der Waals surface area (Å²) >= 11 is 0. The Kier molecular flexibility index (Phi) is 8.14. The second-order valence-electron chi connectivity index (χ2n) is 11.6. The summed E-state index contributed by atoms with van der Waals surface area (Å²) in [5.41, 5.74) is 3.01. The SMILES string of the molecule is CN(C)S(=O)(=O)c1ccc(NC2NN(C3(CC#N)CCN(C(=O)OC(C)(C)C)CC3)C3CCNC(=O)C23)cc1. The summed E-state index contributed by atoms with van der Waals surface area (Å²) in [5, 5.41) is 18.2. The van der Waals surface area contributed by atoms with Gasteiger partial charge >= 0.3 is 6.09 Å². The van der Waals surface area contributed by atoms with E-state index in [0.29, 0.717) is 44.6 Å². The van der Waals surface area contributed by atoms with Crippen LogP contribution in [0.2, 0.25) is 0 Å². The van der Waals surface area contributed by atoms with E-state index in [-0.39, 0.29) is 29.4 Å². The third-order valence-electron chi connectivity index (χ3n) is 7.65. The predicted octanol–water partition coefficient (Wildman–Crippen LogP) is 1.68. The number of hydrazine groups is 1. The second-order valence-corrected chi connectivity index (χ2v) is 13.8. The molecule has 3 heterocycles. The lowest BCUT2D eigenvalue weighted by molar-refractivity contribution is -0.128. The van der Waals surface area contributed by atoms with Gasteiger partial charge in [-0.25, -0.2) is 28.0 Å². The van der Waals surface area contributed by atoms with Crippen LogP contribution in [0.3, 0.4) is 0 Å².